The van der Waals surface area contributed by atoms with Crippen LogP contribution < -0.4 is 10.1 Å². The summed E-state index contributed by atoms with van der Waals surface area (Å²) in [6, 6.07) is 11.8. The van der Waals surface area contributed by atoms with E-state index in [4.69, 9.17) is 16.3 Å². The van der Waals surface area contributed by atoms with E-state index in [0.717, 1.165) is 37.6 Å². The molecule has 2 aromatic carbocycles. The predicted molar refractivity (Wildman–Crippen MR) is 109 cm³/mol. The van der Waals surface area contributed by atoms with Crippen LogP contribution in [0.1, 0.15) is 12.5 Å². The van der Waals surface area contributed by atoms with Crippen LogP contribution in [0.25, 0.3) is 0 Å². The van der Waals surface area contributed by atoms with Gasteiger partial charge in [0.1, 0.15) is 11.6 Å². The molecule has 0 radical (unpaired) electrons. The van der Waals surface area contributed by atoms with Crippen molar-refractivity contribution in [3.05, 3.63) is 58.9 Å². The van der Waals surface area contributed by atoms with Gasteiger partial charge in [-0.15, -0.1) is 0 Å². The number of nitrogens with zero attached hydrogens (tertiary/aromatic N) is 2. The molecule has 7 heteroatoms. The molecule has 0 spiro atoms. The van der Waals surface area contributed by atoms with E-state index in [2.05, 4.69) is 15.1 Å². The minimum absolute atomic E-state index is 0.0456. The second kappa shape index (κ2) is 9.37. The number of methoxy groups -OCH3 is 1. The van der Waals surface area contributed by atoms with Crippen LogP contribution in [0.3, 0.4) is 0 Å². The number of amides is 1. The highest BCUT2D eigenvalue weighted by molar-refractivity contribution is 6.31. The van der Waals surface area contributed by atoms with Gasteiger partial charge >= 0.3 is 0 Å². The molecule has 5 nitrogen and oxygen atoms in total. The predicted octanol–water partition coefficient (Wildman–Crippen LogP) is 3.63. The van der Waals surface area contributed by atoms with Crippen molar-refractivity contribution in [2.45, 2.75) is 19.5 Å². The average molecular weight is 406 g/mol. The smallest absolute Gasteiger partial charge is 0.241 e. The van der Waals surface area contributed by atoms with Crippen molar-refractivity contribution in [2.75, 3.05) is 38.6 Å². The first kappa shape index (κ1) is 20.6. The van der Waals surface area contributed by atoms with Crippen LogP contribution in [-0.2, 0) is 11.3 Å². The maximum Gasteiger partial charge on any atom is 0.241 e. The van der Waals surface area contributed by atoms with Crippen LogP contribution in [0.4, 0.5) is 10.1 Å². The lowest BCUT2D eigenvalue weighted by Crippen LogP contribution is -2.52. The quantitative estimate of drug-likeness (QED) is 0.797. The van der Waals surface area contributed by atoms with Gasteiger partial charge in [0, 0.05) is 49.0 Å². The van der Waals surface area contributed by atoms with Crippen LogP contribution >= 0.6 is 11.6 Å². The first-order valence-corrected chi connectivity index (χ1v) is 9.70. The van der Waals surface area contributed by atoms with Gasteiger partial charge in [-0.2, -0.15) is 0 Å². The van der Waals surface area contributed by atoms with Crippen molar-refractivity contribution in [3.8, 4) is 5.75 Å². The third-order valence-corrected chi connectivity index (χ3v) is 5.49. The molecule has 1 heterocycles. The molecule has 1 fully saturated rings. The van der Waals surface area contributed by atoms with E-state index in [0.29, 0.717) is 17.1 Å². The summed E-state index contributed by atoms with van der Waals surface area (Å²) in [5.41, 5.74) is 1.27. The molecule has 3 rings (SSSR count). The van der Waals surface area contributed by atoms with E-state index in [1.54, 1.807) is 19.2 Å². The van der Waals surface area contributed by atoms with Crippen molar-refractivity contribution < 1.29 is 13.9 Å². The molecule has 0 aliphatic carbocycles. The van der Waals surface area contributed by atoms with Crippen molar-refractivity contribution in [1.29, 1.82) is 0 Å². The number of anilines is 1. The van der Waals surface area contributed by atoms with Crippen molar-refractivity contribution in [1.82, 2.24) is 9.80 Å². The second-order valence-corrected chi connectivity index (χ2v) is 7.31. The molecular formula is C21H25ClFN3O2. The second-order valence-electron chi connectivity index (χ2n) is 6.91. The molecule has 1 unspecified atom stereocenters. The van der Waals surface area contributed by atoms with E-state index in [-0.39, 0.29) is 17.8 Å². The fourth-order valence-electron chi connectivity index (χ4n) is 3.30. The average Bonchev–Trinajstić information content (AvgIpc) is 2.71. The van der Waals surface area contributed by atoms with Gasteiger partial charge in [0.25, 0.3) is 0 Å². The fourth-order valence-corrected chi connectivity index (χ4v) is 3.53. The first-order chi connectivity index (χ1) is 13.5. The van der Waals surface area contributed by atoms with E-state index >= 15 is 0 Å². The maximum absolute atomic E-state index is 14.0. The van der Waals surface area contributed by atoms with Gasteiger partial charge in [-0.05, 0) is 43.3 Å². The first-order valence-electron chi connectivity index (χ1n) is 9.32. The Morgan fingerprint density at radius 1 is 1.18 bits per heavy atom. The lowest BCUT2D eigenvalue weighted by Gasteiger charge is -2.37. The number of halogens is 2. The van der Waals surface area contributed by atoms with Gasteiger partial charge in [-0.3, -0.25) is 14.6 Å². The normalized spacial score (nSPS) is 16.6. The molecule has 1 N–H and O–H groups in total. The fraction of sp³-hybridized carbons (Fsp3) is 0.381. The minimum Gasteiger partial charge on any atom is -0.497 e. The minimum atomic E-state index is -0.276. The van der Waals surface area contributed by atoms with Gasteiger partial charge in [-0.1, -0.05) is 17.7 Å². The van der Waals surface area contributed by atoms with Crippen molar-refractivity contribution in [2.24, 2.45) is 0 Å². The highest BCUT2D eigenvalue weighted by Gasteiger charge is 2.26. The lowest BCUT2D eigenvalue weighted by molar-refractivity contribution is -0.121. The van der Waals surface area contributed by atoms with Gasteiger partial charge < -0.3 is 10.1 Å². The molecule has 0 aromatic heterocycles. The number of rotatable bonds is 6. The Morgan fingerprint density at radius 3 is 2.46 bits per heavy atom. The number of carbonyl (C=O) groups is 1. The molecule has 1 aliphatic rings. The maximum atomic E-state index is 14.0. The Hall–Kier alpha value is -2.15. The number of benzene rings is 2. The molecule has 0 bridgehead atoms. The number of ether oxygens (including phenoxy) is 1. The van der Waals surface area contributed by atoms with E-state index in [1.807, 2.05) is 31.2 Å². The molecule has 1 aliphatic heterocycles. The van der Waals surface area contributed by atoms with Crippen LogP contribution in [0.15, 0.2) is 42.5 Å². The number of piperazine rings is 1. The van der Waals surface area contributed by atoms with Gasteiger partial charge in [-0.25, -0.2) is 4.39 Å². The molecule has 1 atom stereocenters. The zero-order chi connectivity index (χ0) is 20.1. The third-order valence-electron chi connectivity index (χ3n) is 5.14. The third kappa shape index (κ3) is 5.01. The summed E-state index contributed by atoms with van der Waals surface area (Å²) in [6.45, 7) is 5.37. The van der Waals surface area contributed by atoms with Crippen LogP contribution in [0.5, 0.6) is 5.75 Å². The molecule has 1 amide bonds. The monoisotopic (exact) mass is 405 g/mol. The van der Waals surface area contributed by atoms with E-state index in [1.165, 1.54) is 6.07 Å². The number of hydrogen-bond donors (Lipinski definition) is 1. The number of nitrogens with one attached hydrogen (secondary N) is 1. The van der Waals surface area contributed by atoms with Crippen LogP contribution in [0, 0.1) is 5.82 Å². The Balaban J connectivity index is 1.51. The summed E-state index contributed by atoms with van der Waals surface area (Å²) < 4.78 is 19.1. The molecule has 28 heavy (non-hydrogen) atoms. The Labute approximate surface area is 170 Å². The van der Waals surface area contributed by atoms with Gasteiger partial charge in [0.15, 0.2) is 0 Å². The molecule has 0 saturated carbocycles. The highest BCUT2D eigenvalue weighted by atomic mass is 35.5. The summed E-state index contributed by atoms with van der Waals surface area (Å²) in [5.74, 6) is 0.426. The molecule has 150 valence electrons. The molecule has 2 aromatic rings. The van der Waals surface area contributed by atoms with Crippen molar-refractivity contribution in [3.63, 3.8) is 0 Å². The Kier molecular flexibility index (Phi) is 6.88. The Bertz CT molecular complexity index is 788. The number of carbonyl (C=O) groups excluding carboxylic acids is 1. The molecule has 1 saturated heterocycles. The Morgan fingerprint density at radius 2 is 1.86 bits per heavy atom. The van der Waals surface area contributed by atoms with Crippen LogP contribution in [0.2, 0.25) is 5.02 Å². The van der Waals surface area contributed by atoms with Crippen LogP contribution in [-0.4, -0.2) is 55.0 Å². The summed E-state index contributed by atoms with van der Waals surface area (Å²) in [4.78, 5) is 16.9. The standard InChI is InChI=1S/C21H25ClFN3O2/c1-15(21(27)24-16-6-8-17(28-2)9-7-16)26-12-10-25(11-13-26)14-18-19(22)4-3-5-20(18)23/h3-9,15H,10-14H2,1-2H3,(H,24,27). The summed E-state index contributed by atoms with van der Waals surface area (Å²) in [5, 5.41) is 3.39. The summed E-state index contributed by atoms with van der Waals surface area (Å²) in [7, 11) is 1.61. The topological polar surface area (TPSA) is 44.8 Å². The largest absolute Gasteiger partial charge is 0.497 e. The van der Waals surface area contributed by atoms with E-state index < -0.39 is 0 Å². The summed E-state index contributed by atoms with van der Waals surface area (Å²) in [6.07, 6.45) is 0. The lowest BCUT2D eigenvalue weighted by atomic mass is 10.1. The van der Waals surface area contributed by atoms with Gasteiger partial charge in [0.2, 0.25) is 5.91 Å². The summed E-state index contributed by atoms with van der Waals surface area (Å²) >= 11 is 6.13. The number of hydrogen-bond acceptors (Lipinski definition) is 4. The van der Waals surface area contributed by atoms with E-state index in [9.17, 15) is 9.18 Å². The molecular weight excluding hydrogens is 381 g/mol. The van der Waals surface area contributed by atoms with Crippen molar-refractivity contribution >= 4 is 23.2 Å². The zero-order valence-electron chi connectivity index (χ0n) is 16.1. The highest BCUT2D eigenvalue weighted by Crippen LogP contribution is 2.22. The zero-order valence-corrected chi connectivity index (χ0v) is 16.9. The van der Waals surface area contributed by atoms with Gasteiger partial charge in [0.05, 0.1) is 13.2 Å². The SMILES string of the molecule is COc1ccc(NC(=O)C(C)N2CCN(Cc3c(F)cccc3Cl)CC2)cc1.